The first kappa shape index (κ1) is 11.9. The van der Waals surface area contributed by atoms with E-state index in [-0.39, 0.29) is 11.9 Å². The van der Waals surface area contributed by atoms with E-state index in [1.807, 2.05) is 11.8 Å². The summed E-state index contributed by atoms with van der Waals surface area (Å²) in [7, 11) is 0. The second kappa shape index (κ2) is 5.61. The van der Waals surface area contributed by atoms with Crippen LogP contribution in [0.15, 0.2) is 0 Å². The smallest absolute Gasteiger partial charge is 0.234 e. The van der Waals surface area contributed by atoms with E-state index in [9.17, 15) is 4.79 Å². The Balaban J connectivity index is 2.17. The molecule has 0 bridgehead atoms. The van der Waals surface area contributed by atoms with Crippen LogP contribution in [-0.2, 0) is 4.79 Å². The number of nitrogens with one attached hydrogen (secondary N) is 1. The second-order valence-electron chi connectivity index (χ2n) is 4.10. The minimum absolute atomic E-state index is 0.117. The first-order valence-corrected chi connectivity index (χ1v) is 6.31. The Morgan fingerprint density at radius 3 is 2.64 bits per heavy atom. The Morgan fingerprint density at radius 1 is 1.57 bits per heavy atom. The molecule has 0 radical (unpaired) electrons. The van der Waals surface area contributed by atoms with E-state index in [0.29, 0.717) is 11.3 Å². The fourth-order valence-corrected chi connectivity index (χ4v) is 2.11. The number of thioether (sulfide) groups is 1. The van der Waals surface area contributed by atoms with E-state index in [1.54, 1.807) is 0 Å². The molecule has 3 nitrogen and oxygen atoms in total. The van der Waals surface area contributed by atoms with Gasteiger partial charge in [0.05, 0.1) is 6.04 Å². The average Bonchev–Trinajstić information content (AvgIpc) is 2.85. The van der Waals surface area contributed by atoms with Crippen LogP contribution in [0.3, 0.4) is 0 Å². The van der Waals surface area contributed by atoms with Crippen LogP contribution < -0.4 is 11.1 Å². The van der Waals surface area contributed by atoms with Gasteiger partial charge in [-0.2, -0.15) is 11.8 Å². The van der Waals surface area contributed by atoms with E-state index < -0.39 is 0 Å². The van der Waals surface area contributed by atoms with Crippen LogP contribution in [0.2, 0.25) is 0 Å². The van der Waals surface area contributed by atoms with Gasteiger partial charge in [-0.3, -0.25) is 4.79 Å². The van der Waals surface area contributed by atoms with Crippen LogP contribution in [0.5, 0.6) is 0 Å². The molecule has 82 valence electrons. The zero-order chi connectivity index (χ0) is 10.6. The Hall–Kier alpha value is -0.220. The molecule has 0 aromatic carbocycles. The number of hydrogen-bond acceptors (Lipinski definition) is 3. The highest BCUT2D eigenvalue weighted by Gasteiger charge is 2.26. The van der Waals surface area contributed by atoms with Crippen molar-refractivity contribution < 1.29 is 4.79 Å². The van der Waals surface area contributed by atoms with Crippen LogP contribution >= 0.6 is 11.8 Å². The van der Waals surface area contributed by atoms with Crippen LogP contribution in [0.25, 0.3) is 0 Å². The molecule has 1 fully saturated rings. The molecule has 1 amide bonds. The normalized spacial score (nSPS) is 18.5. The molecular formula is C10H20N2OS. The monoisotopic (exact) mass is 216 g/mol. The number of nitrogens with two attached hydrogens (primary N) is 1. The molecule has 1 aliphatic carbocycles. The van der Waals surface area contributed by atoms with Crippen molar-refractivity contribution >= 4 is 17.7 Å². The minimum atomic E-state index is -0.207. The van der Waals surface area contributed by atoms with Crippen LogP contribution in [0, 0.1) is 0 Å². The number of carbonyl (C=O) groups excluding carboxylic acids is 1. The summed E-state index contributed by atoms with van der Waals surface area (Å²) in [5.74, 6) is 0.798. The van der Waals surface area contributed by atoms with E-state index in [4.69, 9.17) is 5.73 Å². The molecule has 14 heavy (non-hydrogen) atoms. The highest BCUT2D eigenvalue weighted by molar-refractivity contribution is 7.99. The van der Waals surface area contributed by atoms with Crippen molar-refractivity contribution in [2.45, 2.75) is 50.4 Å². The Labute approximate surface area is 90.2 Å². The topological polar surface area (TPSA) is 55.1 Å². The molecule has 3 N–H and O–H groups in total. The molecule has 0 aromatic heterocycles. The molecule has 1 unspecified atom stereocenters. The molecule has 0 aromatic rings. The number of carbonyl (C=O) groups is 1. The summed E-state index contributed by atoms with van der Waals surface area (Å²) in [5, 5.41) is 3.91. The third-order valence-electron chi connectivity index (χ3n) is 2.22. The summed E-state index contributed by atoms with van der Waals surface area (Å²) >= 11 is 1.88. The van der Waals surface area contributed by atoms with E-state index in [0.717, 1.165) is 12.2 Å². The van der Waals surface area contributed by atoms with Gasteiger partial charge in [0.15, 0.2) is 0 Å². The molecular weight excluding hydrogens is 196 g/mol. The van der Waals surface area contributed by atoms with Gasteiger partial charge in [-0.05, 0) is 30.3 Å². The summed E-state index contributed by atoms with van der Waals surface area (Å²) in [6.07, 6.45) is 3.25. The minimum Gasteiger partial charge on any atom is -0.368 e. The molecule has 0 saturated heterocycles. The maximum atomic E-state index is 11.1. The van der Waals surface area contributed by atoms with Crippen molar-refractivity contribution in [3.05, 3.63) is 0 Å². The van der Waals surface area contributed by atoms with Gasteiger partial charge in [0, 0.05) is 6.04 Å². The lowest BCUT2D eigenvalue weighted by Gasteiger charge is -2.15. The first-order valence-electron chi connectivity index (χ1n) is 5.26. The predicted molar refractivity (Wildman–Crippen MR) is 61.4 cm³/mol. The zero-order valence-electron chi connectivity index (χ0n) is 8.95. The average molecular weight is 216 g/mol. The summed E-state index contributed by atoms with van der Waals surface area (Å²) in [4.78, 5) is 11.1. The van der Waals surface area contributed by atoms with Crippen LogP contribution in [0.4, 0.5) is 0 Å². The summed E-state index contributed by atoms with van der Waals surface area (Å²) in [6, 6.07) is 0.435. The molecule has 0 heterocycles. The van der Waals surface area contributed by atoms with Gasteiger partial charge < -0.3 is 11.1 Å². The molecule has 4 heteroatoms. The maximum absolute atomic E-state index is 11.1. The molecule has 0 aliphatic heterocycles. The quantitative estimate of drug-likeness (QED) is 0.670. The van der Waals surface area contributed by atoms with E-state index in [1.165, 1.54) is 12.8 Å². The summed E-state index contributed by atoms with van der Waals surface area (Å²) in [6.45, 7) is 4.33. The van der Waals surface area contributed by atoms with Gasteiger partial charge in [0.25, 0.3) is 0 Å². The van der Waals surface area contributed by atoms with Crippen molar-refractivity contribution in [3.63, 3.8) is 0 Å². The molecule has 1 saturated carbocycles. The van der Waals surface area contributed by atoms with E-state index >= 15 is 0 Å². The Bertz CT molecular complexity index is 193. The lowest BCUT2D eigenvalue weighted by atomic mass is 10.2. The number of amides is 1. The van der Waals surface area contributed by atoms with E-state index in [2.05, 4.69) is 19.2 Å². The van der Waals surface area contributed by atoms with Crippen molar-refractivity contribution in [2.24, 2.45) is 5.73 Å². The molecule has 1 aliphatic rings. The number of rotatable bonds is 7. The molecule has 0 spiro atoms. The lowest BCUT2D eigenvalue weighted by Crippen LogP contribution is -2.42. The van der Waals surface area contributed by atoms with Crippen molar-refractivity contribution in [3.8, 4) is 0 Å². The highest BCUT2D eigenvalue weighted by atomic mass is 32.2. The van der Waals surface area contributed by atoms with Crippen molar-refractivity contribution in [2.75, 3.05) is 5.75 Å². The molecule has 1 rings (SSSR count). The number of primary amides is 1. The van der Waals surface area contributed by atoms with Gasteiger partial charge in [-0.25, -0.2) is 0 Å². The van der Waals surface area contributed by atoms with Crippen LogP contribution in [-0.4, -0.2) is 29.0 Å². The SMILES string of the molecule is CC(C)SCCC(NC1CC1)C(N)=O. The van der Waals surface area contributed by atoms with Gasteiger partial charge in [-0.15, -0.1) is 0 Å². The van der Waals surface area contributed by atoms with Gasteiger partial charge in [0.1, 0.15) is 0 Å². The third-order valence-corrected chi connectivity index (χ3v) is 3.35. The van der Waals surface area contributed by atoms with Gasteiger partial charge in [-0.1, -0.05) is 13.8 Å². The summed E-state index contributed by atoms with van der Waals surface area (Å²) < 4.78 is 0. The fourth-order valence-electron chi connectivity index (χ4n) is 1.26. The molecule has 1 atom stereocenters. The Kier molecular flexibility index (Phi) is 4.75. The van der Waals surface area contributed by atoms with Crippen LogP contribution in [0.1, 0.15) is 33.1 Å². The standard InChI is InChI=1S/C10H20N2OS/c1-7(2)14-6-5-9(10(11)13)12-8-3-4-8/h7-9,12H,3-6H2,1-2H3,(H2,11,13). The Morgan fingerprint density at radius 2 is 2.21 bits per heavy atom. The number of hydrogen-bond donors (Lipinski definition) is 2. The van der Waals surface area contributed by atoms with Gasteiger partial charge >= 0.3 is 0 Å². The maximum Gasteiger partial charge on any atom is 0.234 e. The second-order valence-corrected chi connectivity index (χ2v) is 5.79. The highest BCUT2D eigenvalue weighted by Crippen LogP contribution is 2.20. The summed E-state index contributed by atoms with van der Waals surface area (Å²) in [5.41, 5.74) is 5.32. The van der Waals surface area contributed by atoms with Crippen molar-refractivity contribution in [1.82, 2.24) is 5.32 Å². The third kappa shape index (κ3) is 4.86. The van der Waals surface area contributed by atoms with Gasteiger partial charge in [0.2, 0.25) is 5.91 Å². The fraction of sp³-hybridized carbons (Fsp3) is 0.900. The predicted octanol–water partition coefficient (Wildman–Crippen LogP) is 1.12. The largest absolute Gasteiger partial charge is 0.368 e. The van der Waals surface area contributed by atoms with Crippen molar-refractivity contribution in [1.29, 1.82) is 0 Å². The lowest BCUT2D eigenvalue weighted by molar-refractivity contribution is -0.120. The zero-order valence-corrected chi connectivity index (χ0v) is 9.77. The first-order chi connectivity index (χ1) is 6.59.